The van der Waals surface area contributed by atoms with Crippen LogP contribution in [-0.4, -0.2) is 63.1 Å². The number of nitrogens with one attached hydrogen (secondary N) is 2. The summed E-state index contributed by atoms with van der Waals surface area (Å²) >= 11 is 0. The molecule has 1 aliphatic heterocycles. The molecule has 2 heterocycles. The third kappa shape index (κ3) is 5.48. The predicted molar refractivity (Wildman–Crippen MR) is 122 cm³/mol. The number of aromatic nitrogens is 1. The number of carboxylic acid groups (broad SMARTS) is 2. The van der Waals surface area contributed by atoms with E-state index in [4.69, 9.17) is 10.2 Å². The highest BCUT2D eigenvalue weighted by molar-refractivity contribution is 5.88. The second-order valence-corrected chi connectivity index (χ2v) is 9.86. The van der Waals surface area contributed by atoms with Crippen molar-refractivity contribution in [1.29, 1.82) is 0 Å². The van der Waals surface area contributed by atoms with E-state index in [-0.39, 0.29) is 30.2 Å². The van der Waals surface area contributed by atoms with Crippen molar-refractivity contribution in [2.45, 2.75) is 64.0 Å². The summed E-state index contributed by atoms with van der Waals surface area (Å²) in [4.78, 5) is 37.8. The molecule has 0 saturated carbocycles. The summed E-state index contributed by atoms with van der Waals surface area (Å²) in [6.07, 6.45) is 3.59. The summed E-state index contributed by atoms with van der Waals surface area (Å²) in [7, 11) is 2.17. The molecule has 8 heteroatoms. The number of benzene rings is 1. The van der Waals surface area contributed by atoms with E-state index in [0.717, 1.165) is 19.4 Å². The van der Waals surface area contributed by atoms with Crippen molar-refractivity contribution in [3.05, 3.63) is 35.5 Å². The molecule has 1 aromatic carbocycles. The number of carbonyl (C=O) groups excluding carboxylic acids is 1. The van der Waals surface area contributed by atoms with Crippen LogP contribution in [0.2, 0.25) is 0 Å². The van der Waals surface area contributed by atoms with Crippen LogP contribution in [0.4, 0.5) is 0 Å². The molecule has 1 aromatic heterocycles. The average molecular weight is 444 g/mol. The number of carboxylic acids is 2. The Bertz CT molecular complexity index is 993. The lowest BCUT2D eigenvalue weighted by molar-refractivity contribution is -0.143. The molecule has 1 aliphatic carbocycles. The van der Waals surface area contributed by atoms with Crippen molar-refractivity contribution in [2.75, 3.05) is 13.6 Å². The minimum atomic E-state index is -1.08. The zero-order chi connectivity index (χ0) is 23.6. The minimum absolute atomic E-state index is 0.0613. The number of piperidine rings is 1. The maximum Gasteiger partial charge on any atom is 0.303 e. The van der Waals surface area contributed by atoms with Gasteiger partial charge < -0.3 is 25.4 Å². The fourth-order valence-corrected chi connectivity index (χ4v) is 4.82. The zero-order valence-electron chi connectivity index (χ0n) is 19.1. The van der Waals surface area contributed by atoms with E-state index in [1.807, 2.05) is 20.8 Å². The number of fused-ring (bicyclic) bond motifs is 2. The zero-order valence-corrected chi connectivity index (χ0v) is 19.1. The number of aliphatic carboxylic acids is 2. The molecular weight excluding hydrogens is 410 g/mol. The summed E-state index contributed by atoms with van der Waals surface area (Å²) in [6.45, 7) is 6.99. The lowest BCUT2D eigenvalue weighted by Gasteiger charge is -2.45. The van der Waals surface area contributed by atoms with Crippen LogP contribution < -0.4 is 5.32 Å². The molecule has 4 rings (SSSR count). The number of rotatable bonds is 4. The number of H-pyrrole nitrogens is 1. The summed E-state index contributed by atoms with van der Waals surface area (Å²) in [5.41, 5.74) is 3.89. The number of likely N-dealkylation sites (tertiary alicyclic amines) is 1. The Hall–Kier alpha value is -2.87. The van der Waals surface area contributed by atoms with E-state index in [0.29, 0.717) is 12.0 Å². The van der Waals surface area contributed by atoms with E-state index in [1.165, 1.54) is 22.0 Å². The van der Waals surface area contributed by atoms with Crippen LogP contribution in [0.3, 0.4) is 0 Å². The lowest BCUT2D eigenvalue weighted by Crippen LogP contribution is -2.53. The van der Waals surface area contributed by atoms with Gasteiger partial charge >= 0.3 is 11.9 Å². The first-order valence-electron chi connectivity index (χ1n) is 11.0. The van der Waals surface area contributed by atoms with Crippen LogP contribution in [0.15, 0.2) is 24.4 Å². The molecule has 4 N–H and O–H groups in total. The van der Waals surface area contributed by atoms with Crippen molar-refractivity contribution in [3.8, 4) is 0 Å². The van der Waals surface area contributed by atoms with Gasteiger partial charge in [0.15, 0.2) is 0 Å². The van der Waals surface area contributed by atoms with Gasteiger partial charge in [-0.1, -0.05) is 12.1 Å². The maximum atomic E-state index is 12.7. The van der Waals surface area contributed by atoms with Crippen molar-refractivity contribution in [2.24, 2.45) is 5.92 Å². The molecule has 3 atom stereocenters. The third-order valence-corrected chi connectivity index (χ3v) is 6.15. The molecular formula is C24H33N3O5. The lowest BCUT2D eigenvalue weighted by atomic mass is 9.72. The highest BCUT2D eigenvalue weighted by Crippen LogP contribution is 2.44. The van der Waals surface area contributed by atoms with Crippen LogP contribution in [0.25, 0.3) is 10.9 Å². The average Bonchev–Trinajstić information content (AvgIpc) is 3.11. The number of amides is 1. The molecule has 1 saturated heterocycles. The fourth-order valence-electron chi connectivity index (χ4n) is 4.82. The van der Waals surface area contributed by atoms with Crippen LogP contribution >= 0.6 is 0 Å². The maximum absolute atomic E-state index is 12.7. The summed E-state index contributed by atoms with van der Waals surface area (Å²) in [5, 5.41) is 20.4. The van der Waals surface area contributed by atoms with Gasteiger partial charge in [-0.25, -0.2) is 0 Å². The highest BCUT2D eigenvalue weighted by Gasteiger charge is 2.41. The highest BCUT2D eigenvalue weighted by atomic mass is 16.4. The van der Waals surface area contributed by atoms with Gasteiger partial charge in [0.2, 0.25) is 5.91 Å². The molecule has 0 bridgehead atoms. The molecule has 8 nitrogen and oxygen atoms in total. The molecule has 2 aliphatic rings. The normalized spacial score (nSPS) is 22.4. The first-order valence-corrected chi connectivity index (χ1v) is 11.0. The van der Waals surface area contributed by atoms with Gasteiger partial charge in [-0.15, -0.1) is 0 Å². The molecule has 0 radical (unpaired) electrons. The number of nitrogens with zero attached hydrogens (tertiary/aromatic N) is 1. The van der Waals surface area contributed by atoms with Crippen molar-refractivity contribution >= 4 is 28.7 Å². The van der Waals surface area contributed by atoms with Gasteiger partial charge in [-0.3, -0.25) is 14.4 Å². The van der Waals surface area contributed by atoms with E-state index in [1.54, 1.807) is 0 Å². The van der Waals surface area contributed by atoms with Crippen molar-refractivity contribution in [3.63, 3.8) is 0 Å². The van der Waals surface area contributed by atoms with E-state index >= 15 is 0 Å². The predicted octanol–water partition coefficient (Wildman–Crippen LogP) is 2.98. The Labute approximate surface area is 188 Å². The van der Waals surface area contributed by atoms with Gasteiger partial charge in [0.1, 0.15) is 0 Å². The first kappa shape index (κ1) is 23.8. The van der Waals surface area contributed by atoms with Crippen molar-refractivity contribution < 1.29 is 24.6 Å². The van der Waals surface area contributed by atoms with Gasteiger partial charge in [0, 0.05) is 41.1 Å². The van der Waals surface area contributed by atoms with E-state index in [9.17, 15) is 14.4 Å². The van der Waals surface area contributed by atoms with Crippen molar-refractivity contribution in [1.82, 2.24) is 15.2 Å². The topological polar surface area (TPSA) is 123 Å². The second-order valence-electron chi connectivity index (χ2n) is 9.86. The Kier molecular flexibility index (Phi) is 6.93. The first-order chi connectivity index (χ1) is 15.0. The Morgan fingerprint density at radius 1 is 1.16 bits per heavy atom. The Morgan fingerprint density at radius 2 is 1.81 bits per heavy atom. The smallest absolute Gasteiger partial charge is 0.303 e. The quantitative estimate of drug-likeness (QED) is 0.576. The molecule has 0 spiro atoms. The monoisotopic (exact) mass is 443 g/mol. The number of likely N-dealkylation sites (N-methyl/N-ethyl adjacent to an activating group) is 1. The summed E-state index contributed by atoms with van der Waals surface area (Å²) < 4.78 is 0. The third-order valence-electron chi connectivity index (χ3n) is 6.15. The summed E-state index contributed by atoms with van der Waals surface area (Å²) in [6, 6.07) is 7.05. The van der Waals surface area contributed by atoms with Crippen LogP contribution in [-0.2, 0) is 20.8 Å². The molecule has 32 heavy (non-hydrogen) atoms. The number of carbonyl (C=O) groups is 3. The Morgan fingerprint density at radius 3 is 2.41 bits per heavy atom. The standard InChI is InChI=1S/C20H27N3O.C4H6O4/c1-20(2,3)22-19(24)13-8-15-14-6-5-7-16-18(14)12(10-21-16)9-17(15)23(4)11-13;5-3(6)1-2-4(7)8/h5-7,10,13,15,17,21H,8-9,11H2,1-4H3,(H,22,24);1-2H2,(H,5,6)(H,7,8)/t13?,15?,17-;/m1./s1. The van der Waals surface area contributed by atoms with Gasteiger partial charge in [0.25, 0.3) is 0 Å². The SMILES string of the molecule is CN1CC(C(=O)NC(C)(C)C)CC2c3cccc4[nH]cc(c34)C[C@H]21.O=C(O)CCC(=O)O. The van der Waals surface area contributed by atoms with Crippen LogP contribution in [0.5, 0.6) is 0 Å². The summed E-state index contributed by atoms with van der Waals surface area (Å²) in [5.74, 6) is -1.46. The van der Waals surface area contributed by atoms with Crippen LogP contribution in [0, 0.1) is 5.92 Å². The fraction of sp³-hybridized carbons (Fsp3) is 0.542. The number of hydrogen-bond acceptors (Lipinski definition) is 4. The molecule has 1 amide bonds. The van der Waals surface area contributed by atoms with Crippen LogP contribution in [0.1, 0.15) is 57.1 Å². The number of hydrogen-bond donors (Lipinski definition) is 4. The molecule has 1 fully saturated rings. The second kappa shape index (κ2) is 9.32. The molecule has 2 unspecified atom stereocenters. The van der Waals surface area contributed by atoms with Gasteiger partial charge in [0.05, 0.1) is 18.8 Å². The largest absolute Gasteiger partial charge is 0.481 e. The van der Waals surface area contributed by atoms with Gasteiger partial charge in [-0.05, 0) is 57.9 Å². The number of aromatic amines is 1. The van der Waals surface area contributed by atoms with Gasteiger partial charge in [-0.2, -0.15) is 0 Å². The minimum Gasteiger partial charge on any atom is -0.481 e. The molecule has 2 aromatic rings. The van der Waals surface area contributed by atoms with E-state index < -0.39 is 11.9 Å². The molecule has 174 valence electrons. The van der Waals surface area contributed by atoms with E-state index in [2.05, 4.69) is 46.6 Å². The Balaban J connectivity index is 0.000000312.